The summed E-state index contributed by atoms with van der Waals surface area (Å²) in [5.74, 6) is 0.118. The van der Waals surface area contributed by atoms with Crippen LogP contribution in [0, 0.1) is 6.92 Å². The lowest BCUT2D eigenvalue weighted by atomic mass is 10.1. The molecule has 26 heavy (non-hydrogen) atoms. The van der Waals surface area contributed by atoms with E-state index in [-0.39, 0.29) is 16.8 Å². The van der Waals surface area contributed by atoms with Crippen LogP contribution in [0.15, 0.2) is 34.4 Å². The number of nitrogens with zero attached hydrogens (tertiary/aromatic N) is 3. The van der Waals surface area contributed by atoms with Gasteiger partial charge in [-0.1, -0.05) is 41.1 Å². The maximum atomic E-state index is 12.5. The quantitative estimate of drug-likeness (QED) is 0.783. The van der Waals surface area contributed by atoms with Crippen molar-refractivity contribution in [2.45, 2.75) is 32.9 Å². The average molecular weight is 394 g/mol. The van der Waals surface area contributed by atoms with Gasteiger partial charge in [-0.15, -0.1) is 0 Å². The lowest BCUT2D eigenvalue weighted by Gasteiger charge is -2.38. The molecule has 2 aromatic rings. The van der Waals surface area contributed by atoms with Gasteiger partial charge in [0, 0.05) is 61.3 Å². The molecule has 0 aliphatic carbocycles. The monoisotopic (exact) mass is 393 g/mol. The topological polar surface area (TPSA) is 45.6 Å². The molecule has 3 rings (SSSR count). The summed E-state index contributed by atoms with van der Waals surface area (Å²) in [4.78, 5) is 28.5. The van der Waals surface area contributed by atoms with E-state index < -0.39 is 0 Å². The minimum Gasteiger partial charge on any atom is -0.340 e. The molecule has 1 aliphatic rings. The molecular formula is C19H24ClN3O2S. The first-order valence-electron chi connectivity index (χ1n) is 8.88. The fourth-order valence-electron chi connectivity index (χ4n) is 3.41. The minimum atomic E-state index is 0.00804. The SMILES string of the molecule is Cc1csc(=O)n1CCC(=O)N1CCN(C(C)c2ccccc2Cl)CC1. The van der Waals surface area contributed by atoms with Crippen LogP contribution in [0.4, 0.5) is 0 Å². The van der Waals surface area contributed by atoms with Crippen LogP contribution in [0.5, 0.6) is 0 Å². The molecule has 1 amide bonds. The summed E-state index contributed by atoms with van der Waals surface area (Å²) in [6.45, 7) is 7.60. The Morgan fingerprint density at radius 1 is 1.23 bits per heavy atom. The Labute approximate surface area is 162 Å². The number of carbonyl (C=O) groups excluding carboxylic acids is 1. The molecular weight excluding hydrogens is 370 g/mol. The Morgan fingerprint density at radius 3 is 2.54 bits per heavy atom. The molecule has 0 N–H and O–H groups in total. The van der Waals surface area contributed by atoms with E-state index in [1.807, 2.05) is 35.4 Å². The van der Waals surface area contributed by atoms with Gasteiger partial charge < -0.3 is 9.47 Å². The molecule has 5 nitrogen and oxygen atoms in total. The number of piperazine rings is 1. The van der Waals surface area contributed by atoms with Gasteiger partial charge in [0.05, 0.1) is 0 Å². The van der Waals surface area contributed by atoms with Crippen LogP contribution < -0.4 is 4.87 Å². The number of aromatic nitrogens is 1. The van der Waals surface area contributed by atoms with Crippen molar-refractivity contribution in [2.75, 3.05) is 26.2 Å². The van der Waals surface area contributed by atoms with Crippen LogP contribution in [0.25, 0.3) is 0 Å². The van der Waals surface area contributed by atoms with E-state index in [2.05, 4.69) is 17.9 Å². The second kappa shape index (κ2) is 8.37. The van der Waals surface area contributed by atoms with Crippen LogP contribution in [0.1, 0.15) is 30.6 Å². The number of aryl methyl sites for hydroxylation is 1. The highest BCUT2D eigenvalue weighted by Crippen LogP contribution is 2.27. The van der Waals surface area contributed by atoms with Crippen molar-refractivity contribution in [1.29, 1.82) is 0 Å². The second-order valence-corrected chi connectivity index (χ2v) is 7.89. The van der Waals surface area contributed by atoms with Gasteiger partial charge >= 0.3 is 4.87 Å². The Morgan fingerprint density at radius 2 is 1.92 bits per heavy atom. The third-order valence-corrected chi connectivity index (χ3v) is 6.32. The van der Waals surface area contributed by atoms with Crippen LogP contribution in [0.3, 0.4) is 0 Å². The Kier molecular flexibility index (Phi) is 6.16. The molecule has 1 unspecified atom stereocenters. The van der Waals surface area contributed by atoms with Crippen molar-refractivity contribution in [3.63, 3.8) is 0 Å². The fourth-order valence-corrected chi connectivity index (χ4v) is 4.46. The van der Waals surface area contributed by atoms with E-state index in [1.54, 1.807) is 4.57 Å². The third-order valence-electron chi connectivity index (χ3n) is 5.10. The first-order chi connectivity index (χ1) is 12.5. The van der Waals surface area contributed by atoms with E-state index in [4.69, 9.17) is 11.6 Å². The number of benzene rings is 1. The summed E-state index contributed by atoms with van der Waals surface area (Å²) in [5, 5.41) is 2.62. The van der Waals surface area contributed by atoms with Gasteiger partial charge in [0.2, 0.25) is 5.91 Å². The first-order valence-corrected chi connectivity index (χ1v) is 10.1. The molecule has 1 aliphatic heterocycles. The van der Waals surface area contributed by atoms with Gasteiger partial charge in [-0.3, -0.25) is 14.5 Å². The standard InChI is InChI=1S/C19H24ClN3O2S/c1-14-13-26-19(25)23(14)8-7-18(24)22-11-9-21(10-12-22)15(2)16-5-3-4-6-17(16)20/h3-6,13,15H,7-12H2,1-2H3. The smallest absolute Gasteiger partial charge is 0.307 e. The number of halogens is 1. The van der Waals surface area contributed by atoms with Crippen LogP contribution in [-0.2, 0) is 11.3 Å². The van der Waals surface area contributed by atoms with Crippen molar-refractivity contribution >= 4 is 28.8 Å². The van der Waals surface area contributed by atoms with Crippen LogP contribution >= 0.6 is 22.9 Å². The summed E-state index contributed by atoms with van der Waals surface area (Å²) < 4.78 is 1.68. The second-order valence-electron chi connectivity index (χ2n) is 6.66. The number of rotatable bonds is 5. The summed E-state index contributed by atoms with van der Waals surface area (Å²) in [5.41, 5.74) is 2.05. The summed E-state index contributed by atoms with van der Waals surface area (Å²) in [6.07, 6.45) is 0.373. The lowest BCUT2D eigenvalue weighted by Crippen LogP contribution is -2.49. The van der Waals surface area contributed by atoms with E-state index in [0.29, 0.717) is 26.1 Å². The normalized spacial score (nSPS) is 16.7. The van der Waals surface area contributed by atoms with Crippen LogP contribution in [-0.4, -0.2) is 46.5 Å². The molecule has 0 spiro atoms. The Bertz CT molecular complexity index is 824. The largest absolute Gasteiger partial charge is 0.340 e. The van der Waals surface area contributed by atoms with Gasteiger partial charge in [0.15, 0.2) is 0 Å². The minimum absolute atomic E-state index is 0.00804. The van der Waals surface area contributed by atoms with Gasteiger partial charge in [-0.25, -0.2) is 0 Å². The predicted molar refractivity (Wildman–Crippen MR) is 106 cm³/mol. The van der Waals surface area contributed by atoms with E-state index in [1.165, 1.54) is 11.3 Å². The number of carbonyl (C=O) groups is 1. The average Bonchev–Trinajstić information content (AvgIpc) is 2.97. The van der Waals surface area contributed by atoms with Crippen molar-refractivity contribution < 1.29 is 4.79 Å². The Hall–Kier alpha value is -1.63. The summed E-state index contributed by atoms with van der Waals surface area (Å²) >= 11 is 7.50. The molecule has 1 saturated heterocycles. The molecule has 1 fully saturated rings. The molecule has 1 aromatic carbocycles. The first kappa shape index (κ1) is 19.1. The predicted octanol–water partition coefficient (Wildman–Crippen LogP) is 3.17. The maximum Gasteiger partial charge on any atom is 0.307 e. The zero-order valence-electron chi connectivity index (χ0n) is 15.2. The molecule has 2 heterocycles. The number of amides is 1. The van der Waals surface area contributed by atoms with Crippen molar-refractivity contribution in [2.24, 2.45) is 0 Å². The van der Waals surface area contributed by atoms with Crippen LogP contribution in [0.2, 0.25) is 5.02 Å². The zero-order chi connectivity index (χ0) is 18.7. The maximum absolute atomic E-state index is 12.5. The molecule has 1 atom stereocenters. The summed E-state index contributed by atoms with van der Waals surface area (Å²) in [7, 11) is 0. The van der Waals surface area contributed by atoms with Gasteiger partial charge in [-0.05, 0) is 25.5 Å². The van der Waals surface area contributed by atoms with Crippen molar-refractivity contribution in [3.05, 3.63) is 55.6 Å². The van der Waals surface area contributed by atoms with Crippen molar-refractivity contribution in [3.8, 4) is 0 Å². The zero-order valence-corrected chi connectivity index (χ0v) is 16.7. The molecule has 7 heteroatoms. The molecule has 1 aromatic heterocycles. The number of hydrogen-bond acceptors (Lipinski definition) is 4. The highest BCUT2D eigenvalue weighted by molar-refractivity contribution is 7.07. The van der Waals surface area contributed by atoms with Crippen molar-refractivity contribution in [1.82, 2.24) is 14.4 Å². The molecule has 0 saturated carbocycles. The highest BCUT2D eigenvalue weighted by Gasteiger charge is 2.25. The third kappa shape index (κ3) is 4.19. The van der Waals surface area contributed by atoms with E-state index >= 15 is 0 Å². The lowest BCUT2D eigenvalue weighted by molar-refractivity contribution is -0.133. The van der Waals surface area contributed by atoms with E-state index in [0.717, 1.165) is 29.4 Å². The van der Waals surface area contributed by atoms with Gasteiger partial charge in [-0.2, -0.15) is 0 Å². The van der Waals surface area contributed by atoms with E-state index in [9.17, 15) is 9.59 Å². The molecule has 0 bridgehead atoms. The molecule has 140 valence electrons. The fraction of sp³-hybridized carbons (Fsp3) is 0.474. The number of thiazole rings is 1. The Balaban J connectivity index is 1.52. The highest BCUT2D eigenvalue weighted by atomic mass is 35.5. The van der Waals surface area contributed by atoms with Gasteiger partial charge in [0.25, 0.3) is 0 Å². The number of hydrogen-bond donors (Lipinski definition) is 0. The van der Waals surface area contributed by atoms with Gasteiger partial charge in [0.1, 0.15) is 0 Å². The molecule has 0 radical (unpaired) electrons. The summed E-state index contributed by atoms with van der Waals surface area (Å²) in [6, 6.07) is 8.15.